The first-order chi connectivity index (χ1) is 36.1. The fraction of sp³-hybridized carbons (Fsp3) is 0.432. The van der Waals surface area contributed by atoms with Crippen LogP contribution >= 0.6 is 0 Å². The van der Waals surface area contributed by atoms with E-state index in [4.69, 9.17) is 0 Å². The third-order valence-corrected chi connectivity index (χ3v) is 20.0. The minimum atomic E-state index is -0.0426. The predicted molar refractivity (Wildman–Crippen MR) is 334 cm³/mol. The molecule has 2 heterocycles. The second-order valence-corrected chi connectivity index (χ2v) is 30.2. The molecule has 0 saturated heterocycles. The first-order valence-electron chi connectivity index (χ1n) is 29.7. The zero-order valence-corrected chi connectivity index (χ0v) is 49.9. The number of hydrogen-bond acceptors (Lipinski definition) is 2. The van der Waals surface area contributed by atoms with Crippen molar-refractivity contribution < 1.29 is 0 Å². The zero-order chi connectivity index (χ0) is 54.6. The summed E-state index contributed by atoms with van der Waals surface area (Å²) >= 11 is 0. The van der Waals surface area contributed by atoms with Crippen LogP contribution in [-0.2, 0) is 37.9 Å². The molecule has 396 valence electrons. The molecule has 6 aliphatic rings. The molecule has 3 heteroatoms. The average Bonchev–Trinajstić information content (AvgIpc) is 3.59. The Hall–Kier alpha value is -5.80. The van der Waals surface area contributed by atoms with Crippen molar-refractivity contribution >= 4 is 57.2 Å². The van der Waals surface area contributed by atoms with Crippen LogP contribution in [0, 0.1) is 5.92 Å². The van der Waals surface area contributed by atoms with Crippen molar-refractivity contribution in [1.82, 2.24) is 0 Å². The summed E-state index contributed by atoms with van der Waals surface area (Å²) in [6.07, 6.45) is 10.3. The summed E-state index contributed by atoms with van der Waals surface area (Å²) in [6.45, 7) is 38.2. The molecule has 7 aromatic rings. The van der Waals surface area contributed by atoms with Gasteiger partial charge in [0, 0.05) is 34.0 Å². The Bertz CT molecular complexity index is 3440. The molecule has 0 aromatic heterocycles. The maximum absolute atomic E-state index is 2.74. The van der Waals surface area contributed by atoms with E-state index < -0.39 is 0 Å². The smallest absolute Gasteiger partial charge is 0.252 e. The molecule has 3 fully saturated rings. The molecule has 4 aliphatic carbocycles. The van der Waals surface area contributed by atoms with Crippen molar-refractivity contribution in [2.24, 2.45) is 5.92 Å². The van der Waals surface area contributed by atoms with Crippen LogP contribution in [0.1, 0.15) is 201 Å². The van der Waals surface area contributed by atoms with E-state index in [-0.39, 0.29) is 44.6 Å². The largest absolute Gasteiger partial charge is 0.311 e. The molecule has 77 heavy (non-hydrogen) atoms. The second kappa shape index (κ2) is 17.6. The predicted octanol–water partition coefficient (Wildman–Crippen LogP) is 18.9. The number of benzene rings is 7. The quantitative estimate of drug-likeness (QED) is 0.159. The molecular weight excluding hydrogens is 928 g/mol. The Kier molecular flexibility index (Phi) is 11.9. The maximum Gasteiger partial charge on any atom is 0.252 e. The molecule has 0 radical (unpaired) electrons. The lowest BCUT2D eigenvalue weighted by molar-refractivity contribution is 0.136. The van der Waals surface area contributed by atoms with Crippen LogP contribution in [0.5, 0.6) is 0 Å². The number of fused-ring (bicyclic) bond motifs is 8. The third-order valence-electron chi connectivity index (χ3n) is 20.0. The molecule has 2 bridgehead atoms. The highest BCUT2D eigenvalue weighted by molar-refractivity contribution is 7.00. The van der Waals surface area contributed by atoms with Gasteiger partial charge < -0.3 is 9.80 Å². The molecule has 0 spiro atoms. The molecule has 2 nitrogen and oxygen atoms in total. The van der Waals surface area contributed by atoms with E-state index in [1.165, 1.54) is 163 Å². The highest BCUT2D eigenvalue weighted by Crippen LogP contribution is 2.56. The SMILES string of the molecule is CC(C)(C)c1ccc(N2c3ccc(C(C)(C)C)cc3B3c4cc(C(C)(C)C)ccc4N(c4ccc(C(C)(C)C)cc4-c4ccc(-c5ccc6c(c5)C(C)(C)CCC6(C)C)cc4)c4cc(C56CCC(CC5)CC6)cc2c43)cc1. The van der Waals surface area contributed by atoms with Gasteiger partial charge in [0.25, 0.3) is 6.71 Å². The van der Waals surface area contributed by atoms with Crippen molar-refractivity contribution in [3.63, 3.8) is 0 Å². The molecule has 2 aliphatic heterocycles. The number of nitrogens with zero attached hydrogens (tertiary/aromatic N) is 2. The Morgan fingerprint density at radius 2 is 0.831 bits per heavy atom. The minimum Gasteiger partial charge on any atom is -0.311 e. The monoisotopic (exact) mass is 1010 g/mol. The average molecular weight is 1020 g/mol. The third kappa shape index (κ3) is 8.75. The van der Waals surface area contributed by atoms with Gasteiger partial charge in [-0.2, -0.15) is 0 Å². The molecule has 0 N–H and O–H groups in total. The van der Waals surface area contributed by atoms with Gasteiger partial charge in [-0.25, -0.2) is 0 Å². The van der Waals surface area contributed by atoms with Crippen LogP contribution in [0.4, 0.5) is 34.1 Å². The van der Waals surface area contributed by atoms with Crippen molar-refractivity contribution in [3.05, 3.63) is 172 Å². The topological polar surface area (TPSA) is 6.48 Å². The molecule has 0 amide bonds. The molecule has 3 saturated carbocycles. The first-order valence-corrected chi connectivity index (χ1v) is 29.7. The van der Waals surface area contributed by atoms with E-state index in [0.29, 0.717) is 0 Å². The fourth-order valence-corrected chi connectivity index (χ4v) is 14.6. The number of hydrogen-bond donors (Lipinski definition) is 0. The molecule has 13 rings (SSSR count). The molecule has 7 aromatic carbocycles. The lowest BCUT2D eigenvalue weighted by Gasteiger charge is -2.50. The van der Waals surface area contributed by atoms with Crippen LogP contribution in [0.3, 0.4) is 0 Å². The lowest BCUT2D eigenvalue weighted by Crippen LogP contribution is -2.62. The second-order valence-electron chi connectivity index (χ2n) is 30.2. The standard InChI is InChI=1S/C74H87BN2/c1-68(2,3)51-22-27-56(28-23-51)76-63-31-25-53(70(7,8)9)43-60(63)75-61-44-54(71(10,11)12)26-32-64(61)77(66-46-55(45-65(76)67(66)75)74-36-33-47(34-37-74)35-38-74)62-30-24-52(69(4,5)6)42-57(62)49-19-17-48(18-20-49)50-21-29-58-59(41-50)73(15,16)40-39-72(58,13)14/h17-32,41-47H,33-40H2,1-16H3. The van der Waals surface area contributed by atoms with Gasteiger partial charge in [0.15, 0.2) is 0 Å². The van der Waals surface area contributed by atoms with Crippen LogP contribution in [0.2, 0.25) is 0 Å². The fourth-order valence-electron chi connectivity index (χ4n) is 14.6. The minimum absolute atomic E-state index is 0.0242. The van der Waals surface area contributed by atoms with Crippen LogP contribution < -0.4 is 26.2 Å². The van der Waals surface area contributed by atoms with Gasteiger partial charge in [-0.3, -0.25) is 0 Å². The summed E-state index contributed by atoms with van der Waals surface area (Å²) in [6, 6.07) is 54.5. The van der Waals surface area contributed by atoms with Crippen molar-refractivity contribution in [3.8, 4) is 22.3 Å². The number of rotatable bonds is 5. The van der Waals surface area contributed by atoms with Crippen LogP contribution in [-0.4, -0.2) is 6.71 Å². The van der Waals surface area contributed by atoms with Gasteiger partial charge in [0.1, 0.15) is 0 Å². The summed E-state index contributed by atoms with van der Waals surface area (Å²) in [5.41, 5.74) is 27.5. The summed E-state index contributed by atoms with van der Waals surface area (Å²) < 4.78 is 0. The zero-order valence-electron chi connectivity index (χ0n) is 49.9. The van der Waals surface area contributed by atoms with Crippen molar-refractivity contribution in [1.29, 1.82) is 0 Å². The van der Waals surface area contributed by atoms with E-state index in [0.717, 1.165) is 5.92 Å². The summed E-state index contributed by atoms with van der Waals surface area (Å²) in [4.78, 5) is 5.42. The number of anilines is 6. The lowest BCUT2D eigenvalue weighted by atomic mass is 9.33. The highest BCUT2D eigenvalue weighted by Gasteiger charge is 2.48. The summed E-state index contributed by atoms with van der Waals surface area (Å²) in [7, 11) is 0. The van der Waals surface area contributed by atoms with Crippen molar-refractivity contribution in [2.45, 2.75) is 200 Å². The molecular formula is C74H87BN2. The van der Waals surface area contributed by atoms with Gasteiger partial charge >= 0.3 is 0 Å². The van der Waals surface area contributed by atoms with Crippen LogP contribution in [0.25, 0.3) is 22.3 Å². The Balaban J connectivity index is 1.13. The van der Waals surface area contributed by atoms with E-state index in [1.54, 1.807) is 0 Å². The summed E-state index contributed by atoms with van der Waals surface area (Å²) in [5, 5.41) is 0. The molecule has 0 unspecified atom stereocenters. The van der Waals surface area contributed by atoms with E-state index >= 15 is 0 Å². The Morgan fingerprint density at radius 1 is 0.390 bits per heavy atom. The normalized spacial score (nSPS) is 20.4. The van der Waals surface area contributed by atoms with E-state index in [2.05, 4.69) is 254 Å². The van der Waals surface area contributed by atoms with Crippen LogP contribution in [0.15, 0.2) is 133 Å². The van der Waals surface area contributed by atoms with E-state index in [1.807, 2.05) is 0 Å². The highest BCUT2D eigenvalue weighted by atomic mass is 15.2. The first kappa shape index (κ1) is 51.9. The summed E-state index contributed by atoms with van der Waals surface area (Å²) in [5.74, 6) is 0.876. The van der Waals surface area contributed by atoms with Crippen molar-refractivity contribution in [2.75, 3.05) is 9.80 Å². The van der Waals surface area contributed by atoms with E-state index in [9.17, 15) is 0 Å². The van der Waals surface area contributed by atoms with Gasteiger partial charge in [0.2, 0.25) is 0 Å². The Morgan fingerprint density at radius 3 is 1.36 bits per heavy atom. The van der Waals surface area contributed by atoms with Gasteiger partial charge in [-0.05, 0) is 216 Å². The maximum atomic E-state index is 2.74. The van der Waals surface area contributed by atoms with Gasteiger partial charge in [-0.1, -0.05) is 196 Å². The van der Waals surface area contributed by atoms with Gasteiger partial charge in [-0.15, -0.1) is 0 Å². The van der Waals surface area contributed by atoms with Gasteiger partial charge in [0.05, 0.1) is 5.69 Å². The molecule has 0 atom stereocenters. The Labute approximate surface area is 465 Å².